The topological polar surface area (TPSA) is 71.3 Å². The average molecular weight is 220 g/mol. The van der Waals surface area contributed by atoms with Gasteiger partial charge in [0.15, 0.2) is 0 Å². The molecule has 0 saturated carbocycles. The van der Waals surface area contributed by atoms with Gasteiger partial charge in [0.25, 0.3) is 0 Å². The maximum atomic E-state index is 6.47. The van der Waals surface area contributed by atoms with Gasteiger partial charge in [-0.3, -0.25) is 10.6 Å². The van der Waals surface area contributed by atoms with Gasteiger partial charge in [0.1, 0.15) is 11.8 Å². The van der Waals surface area contributed by atoms with Gasteiger partial charge in [-0.25, -0.2) is 0 Å². The highest BCUT2D eigenvalue weighted by Crippen LogP contribution is 2.29. The lowest BCUT2D eigenvalue weighted by Crippen LogP contribution is -2.75. The van der Waals surface area contributed by atoms with Gasteiger partial charge in [-0.15, -0.1) is 0 Å². The number of allylic oxidation sites excluding steroid dienone is 2. The van der Waals surface area contributed by atoms with Crippen LogP contribution in [0.4, 0.5) is 0 Å². The van der Waals surface area contributed by atoms with Gasteiger partial charge in [-0.2, -0.15) is 0 Å². The number of nitrogens with two attached hydrogens (primary N) is 1. The van der Waals surface area contributed by atoms with Crippen LogP contribution in [-0.4, -0.2) is 24.6 Å². The molecule has 0 aromatic rings. The summed E-state index contributed by atoms with van der Waals surface area (Å²) in [5.74, 6) is 0.169. The summed E-state index contributed by atoms with van der Waals surface area (Å²) in [6.07, 6.45) is 11.6. The fourth-order valence-corrected chi connectivity index (χ4v) is 2.48. The lowest BCUT2D eigenvalue weighted by atomic mass is 9.84. The molecule has 5 nitrogen and oxygen atoms in total. The molecule has 0 aromatic heterocycles. The normalized spacial score (nSPS) is 44.9. The molecular weight excluding hydrogens is 204 g/mol. The summed E-state index contributed by atoms with van der Waals surface area (Å²) in [6, 6.07) is 0. The number of fused-ring (bicyclic) bond motifs is 1. The van der Waals surface area contributed by atoms with E-state index in [0.717, 1.165) is 0 Å². The summed E-state index contributed by atoms with van der Waals surface area (Å²) < 4.78 is 5.58. The van der Waals surface area contributed by atoms with Crippen LogP contribution in [0.25, 0.3) is 0 Å². The summed E-state index contributed by atoms with van der Waals surface area (Å²) in [7, 11) is 0. The van der Waals surface area contributed by atoms with Crippen molar-refractivity contribution >= 4 is 0 Å². The molecule has 0 bridgehead atoms. The highest BCUT2D eigenvalue weighted by atomic mass is 16.5. The number of nitrogens with one attached hydrogen (secondary N) is 3. The molecule has 1 saturated heterocycles. The maximum Gasteiger partial charge on any atom is 0.148 e. The molecule has 1 fully saturated rings. The van der Waals surface area contributed by atoms with E-state index in [1.54, 1.807) is 6.26 Å². The van der Waals surface area contributed by atoms with E-state index in [1.165, 1.54) is 0 Å². The van der Waals surface area contributed by atoms with E-state index in [2.05, 4.69) is 22.0 Å². The van der Waals surface area contributed by atoms with Crippen LogP contribution >= 0.6 is 0 Å². The van der Waals surface area contributed by atoms with Crippen LogP contribution in [0.2, 0.25) is 0 Å². The number of rotatable bonds is 1. The van der Waals surface area contributed by atoms with Crippen molar-refractivity contribution in [2.24, 2.45) is 11.7 Å². The second-order valence-corrected chi connectivity index (χ2v) is 4.29. The zero-order valence-electron chi connectivity index (χ0n) is 8.89. The molecule has 0 aromatic carbocycles. The Morgan fingerprint density at radius 3 is 3.06 bits per heavy atom. The van der Waals surface area contributed by atoms with Gasteiger partial charge >= 0.3 is 0 Å². The first kappa shape index (κ1) is 9.89. The van der Waals surface area contributed by atoms with Crippen LogP contribution in [0, 0.1) is 5.92 Å². The molecule has 3 aliphatic heterocycles. The Morgan fingerprint density at radius 1 is 1.31 bits per heavy atom. The Labute approximate surface area is 94.4 Å². The molecule has 16 heavy (non-hydrogen) atoms. The van der Waals surface area contributed by atoms with Crippen LogP contribution in [0.3, 0.4) is 0 Å². The quantitative estimate of drug-likeness (QED) is 0.471. The molecule has 86 valence electrons. The summed E-state index contributed by atoms with van der Waals surface area (Å²) in [5, 5.41) is 9.86. The SMILES string of the molecule is NC1(C2C=CC=CO2)NCNC2NC=CC21. The van der Waals surface area contributed by atoms with E-state index in [1.807, 2.05) is 24.4 Å². The minimum atomic E-state index is -0.572. The third kappa shape index (κ3) is 1.36. The van der Waals surface area contributed by atoms with Crippen molar-refractivity contribution in [3.8, 4) is 0 Å². The van der Waals surface area contributed by atoms with E-state index in [4.69, 9.17) is 10.5 Å². The van der Waals surface area contributed by atoms with Gasteiger partial charge in [-0.05, 0) is 18.4 Å². The molecule has 5 N–H and O–H groups in total. The third-order valence-corrected chi connectivity index (χ3v) is 3.38. The maximum absolute atomic E-state index is 6.47. The van der Waals surface area contributed by atoms with Crippen molar-refractivity contribution in [1.29, 1.82) is 0 Å². The standard InChI is InChI=1S/C11H16N4O/c12-11(9-3-1-2-6-16-9)8-4-5-13-10(8)14-7-15-11/h1-6,8-10,13-15H,7,12H2. The molecule has 0 amide bonds. The number of ether oxygens (including phenoxy) is 1. The van der Waals surface area contributed by atoms with E-state index in [9.17, 15) is 0 Å². The van der Waals surface area contributed by atoms with Crippen molar-refractivity contribution in [3.63, 3.8) is 0 Å². The molecule has 3 aliphatic rings. The lowest BCUT2D eigenvalue weighted by Gasteiger charge is -2.46. The first-order chi connectivity index (χ1) is 7.81. The van der Waals surface area contributed by atoms with Gasteiger partial charge in [0, 0.05) is 12.6 Å². The fraction of sp³-hybridized carbons (Fsp3) is 0.455. The molecular formula is C11H16N4O. The number of hydrogen-bond donors (Lipinski definition) is 4. The third-order valence-electron chi connectivity index (χ3n) is 3.38. The molecule has 4 atom stereocenters. The van der Waals surface area contributed by atoms with Gasteiger partial charge in [-0.1, -0.05) is 12.2 Å². The van der Waals surface area contributed by atoms with Crippen LogP contribution in [0.15, 0.2) is 36.8 Å². The smallest absolute Gasteiger partial charge is 0.148 e. The van der Waals surface area contributed by atoms with Crippen molar-refractivity contribution in [3.05, 3.63) is 36.8 Å². The summed E-state index contributed by atoms with van der Waals surface area (Å²) in [4.78, 5) is 0. The number of hydrogen-bond acceptors (Lipinski definition) is 5. The Balaban J connectivity index is 1.87. The zero-order chi connectivity index (χ0) is 11.0. The minimum Gasteiger partial charge on any atom is -0.491 e. The Morgan fingerprint density at radius 2 is 2.25 bits per heavy atom. The molecule has 5 heteroatoms. The van der Waals surface area contributed by atoms with Gasteiger partial charge in [0.05, 0.1) is 12.4 Å². The monoisotopic (exact) mass is 220 g/mol. The van der Waals surface area contributed by atoms with Crippen molar-refractivity contribution in [2.45, 2.75) is 17.9 Å². The first-order valence-electron chi connectivity index (χ1n) is 5.49. The van der Waals surface area contributed by atoms with Crippen LogP contribution in [0.1, 0.15) is 0 Å². The van der Waals surface area contributed by atoms with Gasteiger partial charge in [0.2, 0.25) is 0 Å². The molecule has 3 rings (SSSR count). The van der Waals surface area contributed by atoms with E-state index in [-0.39, 0.29) is 18.2 Å². The highest BCUT2D eigenvalue weighted by molar-refractivity contribution is 5.21. The van der Waals surface area contributed by atoms with Crippen molar-refractivity contribution in [1.82, 2.24) is 16.0 Å². The highest BCUT2D eigenvalue weighted by Gasteiger charge is 2.48. The molecule has 0 spiro atoms. The Kier molecular flexibility index (Phi) is 2.24. The molecule has 0 radical (unpaired) electrons. The summed E-state index contributed by atoms with van der Waals surface area (Å²) in [5.41, 5.74) is 5.89. The van der Waals surface area contributed by atoms with Gasteiger partial charge < -0.3 is 15.8 Å². The average Bonchev–Trinajstić information content (AvgIpc) is 2.80. The first-order valence-corrected chi connectivity index (χ1v) is 5.49. The Bertz CT molecular complexity index is 365. The zero-order valence-corrected chi connectivity index (χ0v) is 8.89. The van der Waals surface area contributed by atoms with Crippen LogP contribution in [0.5, 0.6) is 0 Å². The van der Waals surface area contributed by atoms with E-state index in [0.29, 0.717) is 6.67 Å². The molecule has 3 heterocycles. The van der Waals surface area contributed by atoms with Crippen LogP contribution < -0.4 is 21.7 Å². The minimum absolute atomic E-state index is 0.142. The molecule has 4 unspecified atom stereocenters. The van der Waals surface area contributed by atoms with Crippen molar-refractivity contribution in [2.75, 3.05) is 6.67 Å². The summed E-state index contributed by atoms with van der Waals surface area (Å²) in [6.45, 7) is 0.670. The molecule has 0 aliphatic carbocycles. The fourth-order valence-electron chi connectivity index (χ4n) is 2.48. The Hall–Kier alpha value is -1.30. The largest absolute Gasteiger partial charge is 0.491 e. The van der Waals surface area contributed by atoms with E-state index < -0.39 is 5.66 Å². The van der Waals surface area contributed by atoms with E-state index >= 15 is 0 Å². The predicted molar refractivity (Wildman–Crippen MR) is 60.8 cm³/mol. The van der Waals surface area contributed by atoms with Crippen molar-refractivity contribution < 1.29 is 4.74 Å². The predicted octanol–water partition coefficient (Wildman–Crippen LogP) is -0.680. The van der Waals surface area contributed by atoms with Crippen LogP contribution in [-0.2, 0) is 4.74 Å². The second-order valence-electron chi connectivity index (χ2n) is 4.29. The second kappa shape index (κ2) is 3.62. The lowest BCUT2D eigenvalue weighted by molar-refractivity contribution is 0.0216. The summed E-state index contributed by atoms with van der Waals surface area (Å²) >= 11 is 0.